The van der Waals surface area contributed by atoms with E-state index in [0.29, 0.717) is 11.4 Å². The van der Waals surface area contributed by atoms with Gasteiger partial charge in [-0.25, -0.2) is 0 Å². The van der Waals surface area contributed by atoms with Crippen molar-refractivity contribution in [3.05, 3.63) is 22.7 Å². The lowest BCUT2D eigenvalue weighted by Crippen LogP contribution is -2.02. The maximum Gasteiger partial charge on any atom is 0.124 e. The third kappa shape index (κ3) is 2.86. The Morgan fingerprint density at radius 1 is 1.47 bits per heavy atom. The Labute approximate surface area is 94.8 Å². The van der Waals surface area contributed by atoms with Crippen LogP contribution in [0.5, 0.6) is 0 Å². The van der Waals surface area contributed by atoms with Crippen LogP contribution in [0.2, 0.25) is 5.02 Å². The number of carbonyl (C=O) groups excluding carboxylic acids is 1. The van der Waals surface area contributed by atoms with Crippen LogP contribution in [0.1, 0.15) is 12.5 Å². The normalized spacial score (nSPS) is 9.80. The summed E-state index contributed by atoms with van der Waals surface area (Å²) in [7, 11) is 1.79. The molecule has 0 atom stereocenters. The summed E-state index contributed by atoms with van der Waals surface area (Å²) in [6.45, 7) is 2.84. The number of hydrogen-bond donors (Lipinski definition) is 2. The summed E-state index contributed by atoms with van der Waals surface area (Å²) in [6.07, 6.45) is 1.25. The van der Waals surface area contributed by atoms with Gasteiger partial charge >= 0.3 is 0 Å². The van der Waals surface area contributed by atoms with Crippen LogP contribution in [0.3, 0.4) is 0 Å². The molecule has 0 aromatic heterocycles. The fourth-order valence-corrected chi connectivity index (χ4v) is 1.83. The largest absolute Gasteiger partial charge is 0.387 e. The Kier molecular flexibility index (Phi) is 4.43. The van der Waals surface area contributed by atoms with E-state index >= 15 is 0 Å². The summed E-state index contributed by atoms with van der Waals surface area (Å²) < 4.78 is 0. The van der Waals surface area contributed by atoms with Crippen LogP contribution in [0.15, 0.2) is 12.1 Å². The highest BCUT2D eigenvalue weighted by molar-refractivity contribution is 6.33. The van der Waals surface area contributed by atoms with Gasteiger partial charge in [0.25, 0.3) is 0 Å². The number of anilines is 2. The van der Waals surface area contributed by atoms with Crippen LogP contribution < -0.4 is 10.6 Å². The van der Waals surface area contributed by atoms with Crippen molar-refractivity contribution < 1.29 is 4.79 Å². The van der Waals surface area contributed by atoms with Gasteiger partial charge in [-0.15, -0.1) is 0 Å². The number of carbonyl (C=O) groups is 1. The van der Waals surface area contributed by atoms with E-state index in [2.05, 4.69) is 10.6 Å². The molecule has 0 fully saturated rings. The second kappa shape index (κ2) is 5.61. The zero-order chi connectivity index (χ0) is 11.3. The molecule has 0 aliphatic carbocycles. The van der Waals surface area contributed by atoms with Crippen molar-refractivity contribution >= 4 is 29.3 Å². The van der Waals surface area contributed by atoms with Gasteiger partial charge in [0.2, 0.25) is 0 Å². The number of halogens is 1. The minimum Gasteiger partial charge on any atom is -0.387 e. The fraction of sp³-hybridized carbons (Fsp3) is 0.364. The Hall–Kier alpha value is -1.22. The predicted molar refractivity (Wildman–Crippen MR) is 64.9 cm³/mol. The molecule has 15 heavy (non-hydrogen) atoms. The molecule has 0 aliphatic rings. The van der Waals surface area contributed by atoms with E-state index in [1.54, 1.807) is 7.05 Å². The van der Waals surface area contributed by atoms with Gasteiger partial charge in [-0.3, -0.25) is 0 Å². The Morgan fingerprint density at radius 2 is 2.20 bits per heavy atom. The number of benzene rings is 1. The number of aldehydes is 1. The van der Waals surface area contributed by atoms with Gasteiger partial charge in [0, 0.05) is 25.7 Å². The molecule has 1 aromatic carbocycles. The van der Waals surface area contributed by atoms with Gasteiger partial charge < -0.3 is 15.4 Å². The molecule has 0 amide bonds. The van der Waals surface area contributed by atoms with E-state index in [-0.39, 0.29) is 0 Å². The van der Waals surface area contributed by atoms with Crippen LogP contribution in [-0.2, 0) is 11.2 Å². The second-order valence-electron chi connectivity index (χ2n) is 3.14. The molecular weight excluding hydrogens is 212 g/mol. The lowest BCUT2D eigenvalue weighted by atomic mass is 10.1. The molecule has 1 aromatic rings. The van der Waals surface area contributed by atoms with Gasteiger partial charge in [-0.1, -0.05) is 11.6 Å². The molecule has 0 saturated carbocycles. The van der Waals surface area contributed by atoms with E-state index < -0.39 is 0 Å². The van der Waals surface area contributed by atoms with E-state index in [4.69, 9.17) is 11.6 Å². The predicted octanol–water partition coefficient (Wildman–Crippen LogP) is 2.55. The molecule has 0 unspecified atom stereocenters. The first-order valence-corrected chi connectivity index (χ1v) is 5.28. The zero-order valence-corrected chi connectivity index (χ0v) is 9.69. The number of hydrogen-bond acceptors (Lipinski definition) is 3. The Morgan fingerprint density at radius 3 is 2.73 bits per heavy atom. The minimum absolute atomic E-state index is 0.370. The third-order valence-electron chi connectivity index (χ3n) is 2.11. The van der Waals surface area contributed by atoms with Crippen LogP contribution in [0.25, 0.3) is 0 Å². The molecule has 0 bridgehead atoms. The topological polar surface area (TPSA) is 41.1 Å². The van der Waals surface area contributed by atoms with Crippen molar-refractivity contribution in [2.45, 2.75) is 13.3 Å². The summed E-state index contributed by atoms with van der Waals surface area (Å²) in [5.74, 6) is 0. The standard InChI is InChI=1S/C11H15ClN2O/c1-3-14-9-6-8(4-5-15)11(13-2)10(12)7-9/h5-7,13-14H,3-4H2,1-2H3. The van der Waals surface area contributed by atoms with E-state index in [1.807, 2.05) is 19.1 Å². The molecule has 3 nitrogen and oxygen atoms in total. The molecule has 82 valence electrons. The summed E-state index contributed by atoms with van der Waals surface area (Å²) in [5, 5.41) is 6.80. The summed E-state index contributed by atoms with van der Waals surface area (Å²) in [4.78, 5) is 10.5. The molecule has 2 N–H and O–H groups in total. The van der Waals surface area contributed by atoms with Gasteiger partial charge in [-0.2, -0.15) is 0 Å². The van der Waals surface area contributed by atoms with Gasteiger partial charge in [0.1, 0.15) is 6.29 Å². The first kappa shape index (κ1) is 11.9. The van der Waals surface area contributed by atoms with Crippen molar-refractivity contribution in [1.29, 1.82) is 0 Å². The number of rotatable bonds is 5. The van der Waals surface area contributed by atoms with E-state index in [9.17, 15) is 4.79 Å². The molecular formula is C11H15ClN2O. The lowest BCUT2D eigenvalue weighted by molar-refractivity contribution is -0.107. The van der Waals surface area contributed by atoms with Crippen molar-refractivity contribution in [3.63, 3.8) is 0 Å². The first-order chi connectivity index (χ1) is 7.22. The molecule has 4 heteroatoms. The second-order valence-corrected chi connectivity index (χ2v) is 3.55. The highest BCUT2D eigenvalue weighted by Gasteiger charge is 2.07. The molecule has 0 heterocycles. The minimum atomic E-state index is 0.370. The van der Waals surface area contributed by atoms with Crippen LogP contribution in [-0.4, -0.2) is 19.9 Å². The Balaban J connectivity index is 3.12. The van der Waals surface area contributed by atoms with Crippen molar-refractivity contribution in [3.8, 4) is 0 Å². The maximum absolute atomic E-state index is 10.5. The quantitative estimate of drug-likeness (QED) is 0.759. The van der Waals surface area contributed by atoms with Crippen LogP contribution in [0.4, 0.5) is 11.4 Å². The SMILES string of the molecule is CCNc1cc(Cl)c(NC)c(CC=O)c1. The molecule has 0 radical (unpaired) electrons. The summed E-state index contributed by atoms with van der Waals surface area (Å²) in [5.41, 5.74) is 2.68. The van der Waals surface area contributed by atoms with Crippen molar-refractivity contribution in [2.75, 3.05) is 24.2 Å². The number of nitrogens with one attached hydrogen (secondary N) is 2. The van der Waals surface area contributed by atoms with E-state index in [0.717, 1.165) is 29.8 Å². The third-order valence-corrected chi connectivity index (χ3v) is 2.40. The smallest absolute Gasteiger partial charge is 0.124 e. The van der Waals surface area contributed by atoms with Gasteiger partial charge in [-0.05, 0) is 24.6 Å². The summed E-state index contributed by atoms with van der Waals surface area (Å²) in [6, 6.07) is 3.79. The van der Waals surface area contributed by atoms with Crippen LogP contribution in [0, 0.1) is 0 Å². The van der Waals surface area contributed by atoms with Crippen molar-refractivity contribution in [1.82, 2.24) is 0 Å². The zero-order valence-electron chi connectivity index (χ0n) is 8.93. The highest BCUT2D eigenvalue weighted by Crippen LogP contribution is 2.30. The molecule has 0 saturated heterocycles. The average molecular weight is 227 g/mol. The monoisotopic (exact) mass is 226 g/mol. The van der Waals surface area contributed by atoms with Crippen LogP contribution >= 0.6 is 11.6 Å². The van der Waals surface area contributed by atoms with Gasteiger partial charge in [0.05, 0.1) is 10.7 Å². The van der Waals surface area contributed by atoms with E-state index in [1.165, 1.54) is 0 Å². The van der Waals surface area contributed by atoms with Crippen molar-refractivity contribution in [2.24, 2.45) is 0 Å². The van der Waals surface area contributed by atoms with Gasteiger partial charge in [0.15, 0.2) is 0 Å². The summed E-state index contributed by atoms with van der Waals surface area (Å²) >= 11 is 6.09. The average Bonchev–Trinajstić information content (AvgIpc) is 2.18. The fourth-order valence-electron chi connectivity index (χ4n) is 1.50. The molecule has 0 aliphatic heterocycles. The molecule has 0 spiro atoms. The molecule has 1 rings (SSSR count). The Bertz CT molecular complexity index is 353. The lowest BCUT2D eigenvalue weighted by Gasteiger charge is -2.12. The maximum atomic E-state index is 10.5. The first-order valence-electron chi connectivity index (χ1n) is 4.90. The highest BCUT2D eigenvalue weighted by atomic mass is 35.5.